The second kappa shape index (κ2) is 8.10. The van der Waals surface area contributed by atoms with Crippen molar-refractivity contribution >= 4 is 46.0 Å². The first-order chi connectivity index (χ1) is 13.2. The maximum absolute atomic E-state index is 6.02. The summed E-state index contributed by atoms with van der Waals surface area (Å²) in [5, 5.41) is 9.10. The van der Waals surface area contributed by atoms with Crippen LogP contribution in [0.4, 0.5) is 11.4 Å². The van der Waals surface area contributed by atoms with E-state index in [1.807, 2.05) is 12.1 Å². The molecule has 1 aromatic heterocycles. The summed E-state index contributed by atoms with van der Waals surface area (Å²) in [6, 6.07) is 12.3. The predicted octanol–water partition coefficient (Wildman–Crippen LogP) is 2.95. The molecule has 0 spiro atoms. The van der Waals surface area contributed by atoms with E-state index in [-0.39, 0.29) is 0 Å². The molecule has 27 heavy (non-hydrogen) atoms. The molecule has 1 fully saturated rings. The second-order valence-corrected chi connectivity index (χ2v) is 7.33. The van der Waals surface area contributed by atoms with Gasteiger partial charge in [0.1, 0.15) is 5.69 Å². The van der Waals surface area contributed by atoms with Crippen molar-refractivity contribution < 1.29 is 0 Å². The lowest BCUT2D eigenvalue weighted by Gasteiger charge is -2.37. The molecule has 8 heteroatoms. The average molecular weight is 401 g/mol. The van der Waals surface area contributed by atoms with Gasteiger partial charge in [0.15, 0.2) is 5.11 Å². The van der Waals surface area contributed by atoms with Crippen molar-refractivity contribution in [2.24, 2.45) is 5.10 Å². The number of aromatic nitrogens is 1. The molecule has 4 rings (SSSR count). The van der Waals surface area contributed by atoms with Crippen molar-refractivity contribution in [1.82, 2.24) is 15.3 Å². The summed E-state index contributed by atoms with van der Waals surface area (Å²) < 4.78 is 0. The summed E-state index contributed by atoms with van der Waals surface area (Å²) in [7, 11) is 0. The minimum absolute atomic E-state index is 0.613. The van der Waals surface area contributed by atoms with E-state index in [4.69, 9.17) is 23.8 Å². The molecule has 0 amide bonds. The van der Waals surface area contributed by atoms with Gasteiger partial charge in [0.25, 0.3) is 0 Å². The maximum Gasteiger partial charge on any atom is 0.189 e. The fourth-order valence-corrected chi connectivity index (χ4v) is 3.73. The van der Waals surface area contributed by atoms with Gasteiger partial charge in [0.05, 0.1) is 16.4 Å². The lowest BCUT2D eigenvalue weighted by Crippen LogP contribution is -2.51. The Kier molecular flexibility index (Phi) is 5.40. The Morgan fingerprint density at radius 1 is 1.19 bits per heavy atom. The lowest BCUT2D eigenvalue weighted by molar-refractivity contribution is 0.381. The number of nitrogens with one attached hydrogen (secondary N) is 2. The molecule has 6 nitrogen and oxygen atoms in total. The molecule has 0 radical (unpaired) electrons. The fourth-order valence-electron chi connectivity index (χ4n) is 3.34. The Hall–Kier alpha value is -2.38. The number of hydrogen-bond donors (Lipinski definition) is 2. The van der Waals surface area contributed by atoms with Crippen LogP contribution in [-0.2, 0) is 0 Å². The zero-order valence-corrected chi connectivity index (χ0v) is 16.4. The minimum Gasteiger partial charge on any atom is -0.383 e. The Balaban J connectivity index is 1.36. The number of hydrazone groups is 1. The van der Waals surface area contributed by atoms with Gasteiger partial charge in [-0.05, 0) is 30.4 Å². The van der Waals surface area contributed by atoms with Gasteiger partial charge in [-0.3, -0.25) is 10.4 Å². The van der Waals surface area contributed by atoms with Crippen molar-refractivity contribution in [2.45, 2.75) is 6.42 Å². The topological polar surface area (TPSA) is 55.8 Å². The summed E-state index contributed by atoms with van der Waals surface area (Å²) in [5.74, 6) is 0. The number of anilines is 2. The van der Waals surface area contributed by atoms with E-state index in [1.165, 1.54) is 5.69 Å². The summed E-state index contributed by atoms with van der Waals surface area (Å²) >= 11 is 11.6. The van der Waals surface area contributed by atoms with Crippen molar-refractivity contribution in [3.63, 3.8) is 0 Å². The van der Waals surface area contributed by atoms with Gasteiger partial charge in [-0.25, -0.2) is 0 Å². The van der Waals surface area contributed by atoms with Crippen molar-refractivity contribution in [1.29, 1.82) is 0 Å². The predicted molar refractivity (Wildman–Crippen MR) is 115 cm³/mol. The number of halogens is 1. The second-order valence-electron chi connectivity index (χ2n) is 6.51. The first kappa shape index (κ1) is 18.0. The van der Waals surface area contributed by atoms with Gasteiger partial charge < -0.3 is 15.1 Å². The SMILES string of the molecule is S=C(N/N=C1/CCNc2cc(Cl)cnc21)N1CCN(c2ccccc2)CC1. The molecule has 140 valence electrons. The van der Waals surface area contributed by atoms with Crippen LogP contribution < -0.4 is 15.6 Å². The Morgan fingerprint density at radius 2 is 1.96 bits per heavy atom. The minimum atomic E-state index is 0.613. The molecule has 1 aromatic carbocycles. The molecule has 1 saturated heterocycles. The smallest absolute Gasteiger partial charge is 0.189 e. The number of nitrogens with zero attached hydrogens (tertiary/aromatic N) is 4. The molecule has 0 atom stereocenters. The number of para-hydroxylation sites is 1. The lowest BCUT2D eigenvalue weighted by atomic mass is 10.1. The highest BCUT2D eigenvalue weighted by molar-refractivity contribution is 7.80. The Labute approximate surface area is 169 Å². The zero-order chi connectivity index (χ0) is 18.6. The van der Waals surface area contributed by atoms with Gasteiger partial charge in [0, 0.05) is 51.0 Å². The van der Waals surface area contributed by atoms with E-state index in [0.29, 0.717) is 10.1 Å². The average Bonchev–Trinajstić information content (AvgIpc) is 2.72. The summed E-state index contributed by atoms with van der Waals surface area (Å²) in [6.07, 6.45) is 2.43. The van der Waals surface area contributed by atoms with E-state index >= 15 is 0 Å². The van der Waals surface area contributed by atoms with Crippen LogP contribution in [0.5, 0.6) is 0 Å². The molecule has 3 heterocycles. The van der Waals surface area contributed by atoms with Crippen LogP contribution in [0.3, 0.4) is 0 Å². The van der Waals surface area contributed by atoms with Crippen molar-refractivity contribution in [3.05, 3.63) is 53.3 Å². The fraction of sp³-hybridized carbons (Fsp3) is 0.316. The van der Waals surface area contributed by atoms with Crippen LogP contribution in [0.15, 0.2) is 47.7 Å². The van der Waals surface area contributed by atoms with Gasteiger partial charge in [-0.1, -0.05) is 29.8 Å². The van der Waals surface area contributed by atoms with Crippen molar-refractivity contribution in [3.8, 4) is 0 Å². The third-order valence-electron chi connectivity index (χ3n) is 4.78. The molecule has 0 saturated carbocycles. The number of piperazine rings is 1. The largest absolute Gasteiger partial charge is 0.383 e. The molecule has 2 aliphatic heterocycles. The number of pyridine rings is 1. The molecular weight excluding hydrogens is 380 g/mol. The molecular formula is C19H21ClN6S. The number of hydrogen-bond acceptors (Lipinski definition) is 5. The first-order valence-corrected chi connectivity index (χ1v) is 9.80. The van der Waals surface area contributed by atoms with Crippen LogP contribution in [0, 0.1) is 0 Å². The Bertz CT molecular complexity index is 849. The van der Waals surface area contributed by atoms with Crippen LogP contribution in [0.25, 0.3) is 0 Å². The summed E-state index contributed by atoms with van der Waals surface area (Å²) in [5.41, 5.74) is 6.95. The van der Waals surface area contributed by atoms with E-state index in [2.05, 4.69) is 54.9 Å². The number of thiocarbonyl (C=S) groups is 1. The maximum atomic E-state index is 6.02. The quantitative estimate of drug-likeness (QED) is 0.597. The highest BCUT2D eigenvalue weighted by Crippen LogP contribution is 2.23. The van der Waals surface area contributed by atoms with Crippen LogP contribution in [0.2, 0.25) is 5.02 Å². The standard InChI is InChI=1S/C19H21ClN6S/c20-14-12-17-18(22-13-14)16(6-7-21-17)23-24-19(27)26-10-8-25(9-11-26)15-4-2-1-3-5-15/h1-5,12-13,21H,6-11H2,(H,24,27)/b23-16-. The highest BCUT2D eigenvalue weighted by atomic mass is 35.5. The molecule has 0 aliphatic carbocycles. The summed E-state index contributed by atoms with van der Waals surface area (Å²) in [6.45, 7) is 4.43. The van der Waals surface area contributed by atoms with E-state index in [1.54, 1.807) is 6.20 Å². The third kappa shape index (κ3) is 4.14. The van der Waals surface area contributed by atoms with E-state index < -0.39 is 0 Å². The van der Waals surface area contributed by atoms with Gasteiger partial charge in [-0.2, -0.15) is 5.10 Å². The van der Waals surface area contributed by atoms with Crippen LogP contribution >= 0.6 is 23.8 Å². The van der Waals surface area contributed by atoms with Crippen molar-refractivity contribution in [2.75, 3.05) is 42.9 Å². The zero-order valence-electron chi connectivity index (χ0n) is 14.9. The summed E-state index contributed by atoms with van der Waals surface area (Å²) in [4.78, 5) is 8.94. The number of fused-ring (bicyclic) bond motifs is 1. The first-order valence-electron chi connectivity index (χ1n) is 9.02. The highest BCUT2D eigenvalue weighted by Gasteiger charge is 2.20. The van der Waals surface area contributed by atoms with E-state index in [9.17, 15) is 0 Å². The normalized spacial score (nSPS) is 18.0. The molecule has 2 aromatic rings. The Morgan fingerprint density at radius 3 is 2.74 bits per heavy atom. The molecule has 2 aliphatic rings. The molecule has 2 N–H and O–H groups in total. The number of rotatable bonds is 2. The van der Waals surface area contributed by atoms with Gasteiger partial charge in [-0.15, -0.1) is 0 Å². The van der Waals surface area contributed by atoms with Crippen LogP contribution in [0.1, 0.15) is 12.1 Å². The third-order valence-corrected chi connectivity index (χ3v) is 5.34. The monoisotopic (exact) mass is 400 g/mol. The number of benzene rings is 1. The van der Waals surface area contributed by atoms with Crippen LogP contribution in [-0.4, -0.2) is 53.4 Å². The molecule has 0 bridgehead atoms. The van der Waals surface area contributed by atoms with E-state index in [0.717, 1.165) is 56.2 Å². The van der Waals surface area contributed by atoms with Gasteiger partial charge >= 0.3 is 0 Å². The van der Waals surface area contributed by atoms with Gasteiger partial charge in [0.2, 0.25) is 0 Å². The molecule has 0 unspecified atom stereocenters.